The minimum absolute atomic E-state index is 0.567. The molecule has 1 fully saturated rings. The molecule has 0 aliphatic heterocycles. The Kier molecular flexibility index (Phi) is 2.37. The van der Waals surface area contributed by atoms with Crippen LogP contribution in [0.15, 0.2) is 24.4 Å². The molecule has 88 valence electrons. The molecule has 2 N–H and O–H groups in total. The minimum Gasteiger partial charge on any atom is -0.396 e. The number of halogens is 1. The summed E-state index contributed by atoms with van der Waals surface area (Å²) in [5, 5.41) is 5.11. The molecule has 1 aliphatic carbocycles. The van der Waals surface area contributed by atoms with Gasteiger partial charge in [-0.1, -0.05) is 17.7 Å². The zero-order valence-electron chi connectivity index (χ0n) is 9.65. The van der Waals surface area contributed by atoms with Crippen molar-refractivity contribution in [1.29, 1.82) is 0 Å². The van der Waals surface area contributed by atoms with Crippen LogP contribution in [0.3, 0.4) is 0 Å². The molecule has 0 unspecified atom stereocenters. The zero-order chi connectivity index (χ0) is 12.0. The summed E-state index contributed by atoms with van der Waals surface area (Å²) in [6.45, 7) is 1.99. The van der Waals surface area contributed by atoms with Crippen LogP contribution in [0.1, 0.15) is 30.0 Å². The highest BCUT2D eigenvalue weighted by atomic mass is 35.5. The normalized spacial score (nSPS) is 15.2. The molecule has 1 aromatic carbocycles. The summed E-state index contributed by atoms with van der Waals surface area (Å²) >= 11 is 6.15. The summed E-state index contributed by atoms with van der Waals surface area (Å²) in [6, 6.07) is 5.97. The van der Waals surface area contributed by atoms with E-state index in [0.29, 0.717) is 5.92 Å². The van der Waals surface area contributed by atoms with Gasteiger partial charge in [-0.25, -0.2) is 4.68 Å². The fourth-order valence-corrected chi connectivity index (χ4v) is 2.23. The molecule has 0 radical (unpaired) electrons. The SMILES string of the molecule is Cc1ccc(-n2ncc(N)c2C2CC2)cc1Cl. The molecular weight excluding hydrogens is 234 g/mol. The molecule has 17 heavy (non-hydrogen) atoms. The van der Waals surface area contributed by atoms with E-state index in [1.54, 1.807) is 6.20 Å². The van der Waals surface area contributed by atoms with E-state index in [9.17, 15) is 0 Å². The van der Waals surface area contributed by atoms with Crippen molar-refractivity contribution in [3.05, 3.63) is 40.7 Å². The quantitative estimate of drug-likeness (QED) is 0.885. The van der Waals surface area contributed by atoms with Crippen molar-refractivity contribution in [2.24, 2.45) is 0 Å². The van der Waals surface area contributed by atoms with Crippen molar-refractivity contribution in [3.8, 4) is 5.69 Å². The fourth-order valence-electron chi connectivity index (χ4n) is 2.06. The van der Waals surface area contributed by atoms with E-state index in [1.165, 1.54) is 12.8 Å². The predicted octanol–water partition coefficient (Wildman–Crippen LogP) is 3.29. The van der Waals surface area contributed by atoms with Gasteiger partial charge in [0.25, 0.3) is 0 Å². The van der Waals surface area contributed by atoms with E-state index in [4.69, 9.17) is 17.3 Å². The Labute approximate surface area is 105 Å². The van der Waals surface area contributed by atoms with Gasteiger partial charge in [0.15, 0.2) is 0 Å². The van der Waals surface area contributed by atoms with Crippen LogP contribution in [0.4, 0.5) is 5.69 Å². The molecule has 4 heteroatoms. The number of nitrogens with two attached hydrogens (primary N) is 1. The lowest BCUT2D eigenvalue weighted by Crippen LogP contribution is -2.02. The third-order valence-electron chi connectivity index (χ3n) is 3.20. The number of nitrogens with zero attached hydrogens (tertiary/aromatic N) is 2. The van der Waals surface area contributed by atoms with Gasteiger partial charge in [-0.3, -0.25) is 0 Å². The minimum atomic E-state index is 0.567. The molecule has 3 rings (SSSR count). The molecule has 3 nitrogen and oxygen atoms in total. The lowest BCUT2D eigenvalue weighted by molar-refractivity contribution is 0.809. The summed E-state index contributed by atoms with van der Waals surface area (Å²) < 4.78 is 1.92. The van der Waals surface area contributed by atoms with Gasteiger partial charge in [0, 0.05) is 10.9 Å². The van der Waals surface area contributed by atoms with Crippen molar-refractivity contribution < 1.29 is 0 Å². The van der Waals surface area contributed by atoms with Crippen molar-refractivity contribution in [2.45, 2.75) is 25.7 Å². The van der Waals surface area contributed by atoms with Crippen LogP contribution in [0.2, 0.25) is 5.02 Å². The topological polar surface area (TPSA) is 43.8 Å². The highest BCUT2D eigenvalue weighted by Gasteiger charge is 2.30. The van der Waals surface area contributed by atoms with Gasteiger partial charge >= 0.3 is 0 Å². The monoisotopic (exact) mass is 247 g/mol. The highest BCUT2D eigenvalue weighted by molar-refractivity contribution is 6.31. The molecule has 0 atom stereocenters. The average molecular weight is 248 g/mol. The molecule has 1 aliphatic rings. The number of rotatable bonds is 2. The smallest absolute Gasteiger partial charge is 0.0740 e. The summed E-state index contributed by atoms with van der Waals surface area (Å²) in [5.41, 5.74) is 9.94. The Hall–Kier alpha value is -1.48. The maximum Gasteiger partial charge on any atom is 0.0740 e. The highest BCUT2D eigenvalue weighted by Crippen LogP contribution is 2.43. The molecule has 1 saturated carbocycles. The number of aromatic nitrogens is 2. The van der Waals surface area contributed by atoms with E-state index in [2.05, 4.69) is 5.10 Å². The Morgan fingerprint density at radius 2 is 2.18 bits per heavy atom. The van der Waals surface area contributed by atoms with Crippen LogP contribution in [-0.2, 0) is 0 Å². The largest absolute Gasteiger partial charge is 0.396 e. The average Bonchev–Trinajstić information content (AvgIpc) is 3.06. The molecule has 0 bridgehead atoms. The number of benzene rings is 1. The molecular formula is C13H14ClN3. The summed E-state index contributed by atoms with van der Waals surface area (Å²) in [6.07, 6.45) is 4.13. The van der Waals surface area contributed by atoms with Crippen LogP contribution in [0.5, 0.6) is 0 Å². The first-order chi connectivity index (χ1) is 8.16. The second kappa shape index (κ2) is 3.77. The zero-order valence-corrected chi connectivity index (χ0v) is 10.4. The van der Waals surface area contributed by atoms with Gasteiger partial charge in [0.05, 0.1) is 23.3 Å². The lowest BCUT2D eigenvalue weighted by atomic mass is 10.2. The number of nitrogen functional groups attached to an aromatic ring is 1. The first-order valence-electron chi connectivity index (χ1n) is 5.76. The molecule has 1 aromatic heterocycles. The second-order valence-electron chi connectivity index (χ2n) is 4.60. The predicted molar refractivity (Wildman–Crippen MR) is 69.7 cm³/mol. The third kappa shape index (κ3) is 1.80. The first kappa shape index (κ1) is 10.7. The van der Waals surface area contributed by atoms with Gasteiger partial charge in [-0.2, -0.15) is 5.10 Å². The maximum absolute atomic E-state index is 6.15. The van der Waals surface area contributed by atoms with Crippen molar-refractivity contribution in [1.82, 2.24) is 9.78 Å². The number of hydrogen-bond acceptors (Lipinski definition) is 2. The Morgan fingerprint density at radius 3 is 2.82 bits per heavy atom. The van der Waals surface area contributed by atoms with Gasteiger partial charge < -0.3 is 5.73 Å². The van der Waals surface area contributed by atoms with E-state index >= 15 is 0 Å². The third-order valence-corrected chi connectivity index (χ3v) is 3.61. The number of hydrogen-bond donors (Lipinski definition) is 1. The fraction of sp³-hybridized carbons (Fsp3) is 0.308. The van der Waals surface area contributed by atoms with E-state index in [0.717, 1.165) is 27.7 Å². The van der Waals surface area contributed by atoms with E-state index in [1.807, 2.05) is 29.8 Å². The van der Waals surface area contributed by atoms with Crippen LogP contribution < -0.4 is 5.73 Å². The van der Waals surface area contributed by atoms with Gasteiger partial charge in [0.1, 0.15) is 0 Å². The molecule has 0 saturated heterocycles. The molecule has 1 heterocycles. The Morgan fingerprint density at radius 1 is 1.41 bits per heavy atom. The molecule has 0 spiro atoms. The van der Waals surface area contributed by atoms with Crippen LogP contribution in [-0.4, -0.2) is 9.78 Å². The summed E-state index contributed by atoms with van der Waals surface area (Å²) in [5.74, 6) is 0.567. The summed E-state index contributed by atoms with van der Waals surface area (Å²) in [4.78, 5) is 0. The van der Waals surface area contributed by atoms with Gasteiger partial charge in [-0.15, -0.1) is 0 Å². The Balaban J connectivity index is 2.11. The standard InChI is InChI=1S/C13H14ClN3/c1-8-2-5-10(6-11(8)14)17-13(9-3-4-9)12(15)7-16-17/h2,5-7,9H,3-4,15H2,1H3. The number of anilines is 1. The van der Waals surface area contributed by atoms with Gasteiger partial charge in [0.2, 0.25) is 0 Å². The van der Waals surface area contributed by atoms with Crippen LogP contribution in [0.25, 0.3) is 5.69 Å². The summed E-state index contributed by atoms with van der Waals surface area (Å²) in [7, 11) is 0. The maximum atomic E-state index is 6.15. The van der Waals surface area contributed by atoms with Crippen molar-refractivity contribution >= 4 is 17.3 Å². The van der Waals surface area contributed by atoms with Crippen molar-refractivity contribution in [3.63, 3.8) is 0 Å². The van der Waals surface area contributed by atoms with Crippen molar-refractivity contribution in [2.75, 3.05) is 5.73 Å². The lowest BCUT2D eigenvalue weighted by Gasteiger charge is -2.08. The Bertz CT molecular complexity index is 570. The number of aryl methyl sites for hydroxylation is 1. The van der Waals surface area contributed by atoms with Crippen LogP contribution >= 0.6 is 11.6 Å². The first-order valence-corrected chi connectivity index (χ1v) is 6.14. The van der Waals surface area contributed by atoms with Gasteiger partial charge in [-0.05, 0) is 37.5 Å². The molecule has 2 aromatic rings. The molecule has 0 amide bonds. The van der Waals surface area contributed by atoms with E-state index < -0.39 is 0 Å². The van der Waals surface area contributed by atoms with Crippen LogP contribution in [0, 0.1) is 6.92 Å². The second-order valence-corrected chi connectivity index (χ2v) is 5.01. The van der Waals surface area contributed by atoms with E-state index in [-0.39, 0.29) is 0 Å².